The zero-order chi connectivity index (χ0) is 35.6. The van der Waals surface area contributed by atoms with Crippen molar-refractivity contribution < 1.29 is 19.5 Å². The second kappa shape index (κ2) is 17.7. The van der Waals surface area contributed by atoms with Gasteiger partial charge in [-0.1, -0.05) is 0 Å². The number of aromatic nitrogens is 6. The maximum Gasteiger partial charge on any atom is 0.394 e. The Morgan fingerprint density at radius 1 is 0.720 bits per heavy atom. The number of hydrogen-bond acceptors (Lipinski definition) is 6. The monoisotopic (exact) mass is 786 g/mol. The van der Waals surface area contributed by atoms with E-state index in [1.807, 2.05) is 27.8 Å². The number of carboxylic acids is 1. The molecule has 6 heterocycles. The summed E-state index contributed by atoms with van der Waals surface area (Å²) in [5.74, 6) is 8.56. The van der Waals surface area contributed by atoms with Crippen molar-refractivity contribution in [3.05, 3.63) is 51.4 Å². The lowest BCUT2D eigenvalue weighted by molar-refractivity contribution is -0.142. The molecule has 3 unspecified atom stereocenters. The minimum absolute atomic E-state index is 0.226. The normalized spacial score (nSPS) is 21.1. The molecule has 1 N–H and O–H groups in total. The van der Waals surface area contributed by atoms with Gasteiger partial charge in [-0.15, -0.1) is 36.7 Å². The predicted molar refractivity (Wildman–Crippen MR) is 199 cm³/mol. The Bertz CT molecular complexity index is 1750. The Morgan fingerprint density at radius 3 is 1.64 bits per heavy atom. The fraction of sp³-hybridized carbons (Fsp3) is 0.526. The van der Waals surface area contributed by atoms with Crippen LogP contribution in [0.4, 0.5) is 0 Å². The molecule has 3 aromatic rings. The van der Waals surface area contributed by atoms with Gasteiger partial charge in [-0.2, -0.15) is 15.3 Å². The first-order valence-electron chi connectivity index (χ1n) is 17.6. The first-order valence-corrected chi connectivity index (χ1v) is 18.6. The van der Waals surface area contributed by atoms with Crippen LogP contribution in [-0.2, 0) is 53.3 Å². The number of aryl methyl sites for hydroxylation is 2. The van der Waals surface area contributed by atoms with Crippen molar-refractivity contribution in [3.63, 3.8) is 0 Å². The van der Waals surface area contributed by atoms with E-state index in [1.165, 1.54) is 40.6 Å². The van der Waals surface area contributed by atoms with Gasteiger partial charge in [0.1, 0.15) is 11.6 Å². The number of halogens is 1. The van der Waals surface area contributed by atoms with E-state index in [9.17, 15) is 14.4 Å². The molecule has 10 nitrogen and oxygen atoms in total. The van der Waals surface area contributed by atoms with Gasteiger partial charge in [-0.05, 0) is 111 Å². The number of terminal acetylenes is 3. The molecule has 0 bridgehead atoms. The molecule has 3 atom stereocenters. The Balaban J connectivity index is 0.000000135. The third kappa shape index (κ3) is 10.5. The highest BCUT2D eigenvalue weighted by Crippen LogP contribution is 2.36. The van der Waals surface area contributed by atoms with Crippen LogP contribution in [0.25, 0.3) is 0 Å². The summed E-state index contributed by atoms with van der Waals surface area (Å²) in [6.45, 7) is 1.72. The number of fused-ring (bicyclic) bond motifs is 3. The highest BCUT2D eigenvalue weighted by molar-refractivity contribution is 14.1. The number of Topliss-reactive ketones (excluding diaryl/α,β-unsaturated/α-hetero) is 2. The fourth-order valence-electron chi connectivity index (χ4n) is 6.54. The predicted octanol–water partition coefficient (Wildman–Crippen LogP) is 4.76. The molecule has 12 heteroatoms. The van der Waals surface area contributed by atoms with E-state index in [0.29, 0.717) is 24.0 Å². The summed E-state index contributed by atoms with van der Waals surface area (Å²) in [6, 6.07) is 4.00. The van der Waals surface area contributed by atoms with Crippen LogP contribution in [0.5, 0.6) is 0 Å². The first-order chi connectivity index (χ1) is 24.2. The summed E-state index contributed by atoms with van der Waals surface area (Å²) < 4.78 is 7.05. The summed E-state index contributed by atoms with van der Waals surface area (Å²) in [5, 5.41) is 21.4. The largest absolute Gasteiger partial charge is 0.481 e. The summed E-state index contributed by atoms with van der Waals surface area (Å²) in [6.07, 6.45) is 32.4. The fourth-order valence-corrected chi connectivity index (χ4v) is 7.21. The minimum Gasteiger partial charge on any atom is -0.481 e. The Kier molecular flexibility index (Phi) is 13.2. The Hall–Kier alpha value is -4.09. The molecule has 3 aliphatic heterocycles. The number of nitrogens with zero attached hydrogens (tertiary/aromatic N) is 6. The third-order valence-corrected chi connectivity index (χ3v) is 10.9. The van der Waals surface area contributed by atoms with Crippen molar-refractivity contribution in [1.82, 2.24) is 29.3 Å². The van der Waals surface area contributed by atoms with E-state index in [1.54, 1.807) is 10.9 Å². The van der Waals surface area contributed by atoms with E-state index >= 15 is 0 Å². The van der Waals surface area contributed by atoms with Gasteiger partial charge in [0.15, 0.2) is 0 Å². The molecular formula is C38H44BIN6O4. The molecule has 0 aromatic carbocycles. The second-order valence-corrected chi connectivity index (χ2v) is 15.0. The maximum atomic E-state index is 12.0. The van der Waals surface area contributed by atoms with E-state index < -0.39 is 12.7 Å². The average molecular weight is 787 g/mol. The van der Waals surface area contributed by atoms with Crippen LogP contribution < -0.4 is 0 Å². The van der Waals surface area contributed by atoms with Gasteiger partial charge < -0.3 is 5.11 Å². The molecule has 0 spiro atoms. The molecule has 50 heavy (non-hydrogen) atoms. The maximum absolute atomic E-state index is 12.0. The lowest BCUT2D eigenvalue weighted by Crippen LogP contribution is -2.27. The van der Waals surface area contributed by atoms with Crippen LogP contribution in [0.1, 0.15) is 74.9 Å². The van der Waals surface area contributed by atoms with E-state index in [0.717, 1.165) is 76.1 Å². The summed E-state index contributed by atoms with van der Waals surface area (Å²) in [4.78, 5) is 34.6. The van der Waals surface area contributed by atoms with Crippen molar-refractivity contribution >= 4 is 46.8 Å². The van der Waals surface area contributed by atoms with Crippen LogP contribution in [0, 0.1) is 69.9 Å². The van der Waals surface area contributed by atoms with Gasteiger partial charge in [0.2, 0.25) is 0 Å². The number of carboxylic acid groups (broad SMARTS) is 1. The number of aliphatic carboxylic acids is 1. The molecular weight excluding hydrogens is 742 g/mol. The van der Waals surface area contributed by atoms with Crippen LogP contribution in [0.2, 0.25) is 0 Å². The molecule has 2 aliphatic carbocycles. The van der Waals surface area contributed by atoms with Crippen molar-refractivity contribution in [1.29, 1.82) is 0 Å². The van der Waals surface area contributed by atoms with Crippen molar-refractivity contribution in [2.45, 2.75) is 96.7 Å². The molecule has 3 aromatic heterocycles. The zero-order valence-electron chi connectivity index (χ0n) is 28.4. The van der Waals surface area contributed by atoms with Crippen molar-refractivity contribution in [2.75, 3.05) is 0 Å². The lowest BCUT2D eigenvalue weighted by atomic mass is 9.53. The Morgan fingerprint density at radius 2 is 1.18 bits per heavy atom. The lowest BCUT2D eigenvalue weighted by Gasteiger charge is -2.22. The SMILES string of the molecule is C#CB(C#C)C#C.O=C(CC1CC1)C1CCc2c(I)cnn2C1.O=C(CC1CC1)C1CCc2ccnn2C1.O=C(O)C1CCc2ccnn2C1. The van der Waals surface area contributed by atoms with Gasteiger partial charge in [-0.25, -0.2) is 0 Å². The highest BCUT2D eigenvalue weighted by Gasteiger charge is 2.32. The summed E-state index contributed by atoms with van der Waals surface area (Å²) in [7, 11) is 0. The number of carbonyl (C=O) groups excluding carboxylic acids is 2. The van der Waals surface area contributed by atoms with Crippen molar-refractivity contribution in [2.24, 2.45) is 29.6 Å². The second-order valence-electron chi connectivity index (χ2n) is 13.8. The molecule has 0 saturated heterocycles. The molecule has 8 rings (SSSR count). The highest BCUT2D eigenvalue weighted by atomic mass is 127. The van der Waals surface area contributed by atoms with Gasteiger partial charge in [0, 0.05) is 48.5 Å². The van der Waals surface area contributed by atoms with E-state index in [4.69, 9.17) is 24.4 Å². The van der Waals surface area contributed by atoms with Crippen LogP contribution in [0.15, 0.2) is 30.7 Å². The van der Waals surface area contributed by atoms with E-state index in [-0.39, 0.29) is 17.8 Å². The van der Waals surface area contributed by atoms with Crippen LogP contribution in [0.3, 0.4) is 0 Å². The average Bonchev–Trinajstić information content (AvgIpc) is 3.98. The minimum atomic E-state index is -0.712. The van der Waals surface area contributed by atoms with Crippen molar-refractivity contribution in [3.8, 4) is 36.7 Å². The van der Waals surface area contributed by atoms with Gasteiger partial charge in [0.05, 0.1) is 41.0 Å². The summed E-state index contributed by atoms with van der Waals surface area (Å²) in [5.41, 5.74) is 3.74. The van der Waals surface area contributed by atoms with E-state index in [2.05, 4.69) is 61.4 Å². The standard InChI is InChI=1S/C12H15IN2O.C12H16N2O.C8H10N2O2.C6H3B/c13-10-6-14-15-7-9(3-4-11(10)15)12(16)5-8-1-2-8;15-12(7-9-1-2-9)10-3-4-11-5-6-13-14(11)8-10;11-8(12)6-1-2-7-3-4-9-10(7)5-6;1-4-7(5-2)6-3/h6,8-9H,1-5,7H2;5-6,9-10H,1-4,7-8H2;3-4,6H,1-2,5H2,(H,11,12);1-3H. The zero-order valence-corrected chi connectivity index (χ0v) is 30.6. The molecule has 2 saturated carbocycles. The number of ketones is 2. The molecule has 0 amide bonds. The molecule has 0 radical (unpaired) electrons. The molecule has 2 fully saturated rings. The summed E-state index contributed by atoms with van der Waals surface area (Å²) >= 11 is 2.32. The van der Waals surface area contributed by atoms with Crippen LogP contribution in [-0.4, -0.2) is 58.7 Å². The van der Waals surface area contributed by atoms with Gasteiger partial charge in [0.25, 0.3) is 0 Å². The smallest absolute Gasteiger partial charge is 0.394 e. The number of hydrogen-bond donors (Lipinski definition) is 1. The molecule has 260 valence electrons. The number of rotatable bonds is 7. The third-order valence-electron chi connectivity index (χ3n) is 10.0. The number of carbonyl (C=O) groups is 3. The van der Waals surface area contributed by atoms with Gasteiger partial charge in [-0.3, -0.25) is 28.4 Å². The first kappa shape index (κ1) is 37.2. The van der Waals surface area contributed by atoms with Gasteiger partial charge >= 0.3 is 12.7 Å². The quantitative estimate of drug-likeness (QED) is 0.208. The van der Waals surface area contributed by atoms with Crippen LogP contribution >= 0.6 is 22.6 Å². The Labute approximate surface area is 308 Å². The molecule has 5 aliphatic rings. The topological polar surface area (TPSA) is 125 Å².